The second kappa shape index (κ2) is 5.26. The Bertz CT molecular complexity index is 352. The molecule has 0 aromatic heterocycles. The second-order valence-electron chi connectivity index (χ2n) is 3.68. The molecule has 0 spiro atoms. The lowest BCUT2D eigenvalue weighted by Crippen LogP contribution is -2.16. The van der Waals surface area contributed by atoms with Gasteiger partial charge in [0.1, 0.15) is 6.04 Å². The zero-order chi connectivity index (χ0) is 11.3. The molecule has 1 atom stereocenters. The summed E-state index contributed by atoms with van der Waals surface area (Å²) < 4.78 is 0. The van der Waals surface area contributed by atoms with Crippen molar-refractivity contribution in [3.63, 3.8) is 0 Å². The number of hydrogen-bond donors (Lipinski definition) is 1. The minimum atomic E-state index is -0.109. The van der Waals surface area contributed by atoms with Crippen LogP contribution in [-0.2, 0) is 0 Å². The van der Waals surface area contributed by atoms with E-state index in [1.54, 1.807) is 0 Å². The molecule has 0 saturated carbocycles. The van der Waals surface area contributed by atoms with E-state index in [4.69, 9.17) is 5.26 Å². The van der Waals surface area contributed by atoms with E-state index in [-0.39, 0.29) is 6.04 Å². The number of hydrogen-bond acceptors (Lipinski definition) is 3. The lowest BCUT2D eigenvalue weighted by atomic mass is 10.2. The maximum atomic E-state index is 8.84. The predicted molar refractivity (Wildman–Crippen MR) is 64.1 cm³/mol. The van der Waals surface area contributed by atoms with Gasteiger partial charge in [0.2, 0.25) is 0 Å². The van der Waals surface area contributed by atoms with Gasteiger partial charge >= 0.3 is 0 Å². The van der Waals surface area contributed by atoms with E-state index in [2.05, 4.69) is 11.4 Å². The van der Waals surface area contributed by atoms with Crippen molar-refractivity contribution in [2.45, 2.75) is 19.4 Å². The largest absolute Gasteiger partial charge is 0.378 e. The molecule has 0 bridgehead atoms. The standard InChI is InChI=1S/C12H17N3/c1-4-10(9-13)14-11-6-5-7-12(8-11)15(2)3/h5-8,10,14H,4H2,1-3H3. The Morgan fingerprint density at radius 1 is 1.47 bits per heavy atom. The summed E-state index contributed by atoms with van der Waals surface area (Å²) in [6.45, 7) is 2.00. The van der Waals surface area contributed by atoms with E-state index in [0.29, 0.717) is 0 Å². The summed E-state index contributed by atoms with van der Waals surface area (Å²) in [5, 5.41) is 12.0. The van der Waals surface area contributed by atoms with E-state index >= 15 is 0 Å². The van der Waals surface area contributed by atoms with E-state index in [1.807, 2.05) is 50.2 Å². The lowest BCUT2D eigenvalue weighted by molar-refractivity contribution is 0.845. The van der Waals surface area contributed by atoms with Crippen LogP contribution >= 0.6 is 0 Å². The molecule has 0 aliphatic rings. The molecule has 3 heteroatoms. The van der Waals surface area contributed by atoms with Crippen LogP contribution in [0.4, 0.5) is 11.4 Å². The van der Waals surface area contributed by atoms with Crippen molar-refractivity contribution in [2.24, 2.45) is 0 Å². The van der Waals surface area contributed by atoms with Gasteiger partial charge in [-0.1, -0.05) is 13.0 Å². The van der Waals surface area contributed by atoms with Crippen molar-refractivity contribution in [1.29, 1.82) is 5.26 Å². The van der Waals surface area contributed by atoms with Crippen LogP contribution in [0.3, 0.4) is 0 Å². The Labute approximate surface area is 91.3 Å². The molecule has 0 amide bonds. The molecular weight excluding hydrogens is 186 g/mol. The van der Waals surface area contributed by atoms with Crippen molar-refractivity contribution in [2.75, 3.05) is 24.3 Å². The highest BCUT2D eigenvalue weighted by Crippen LogP contribution is 2.18. The van der Waals surface area contributed by atoms with Crippen LogP contribution in [0.1, 0.15) is 13.3 Å². The molecule has 1 rings (SSSR count). The Hall–Kier alpha value is -1.69. The van der Waals surface area contributed by atoms with Crippen molar-refractivity contribution in [3.05, 3.63) is 24.3 Å². The summed E-state index contributed by atoms with van der Waals surface area (Å²) in [7, 11) is 4.00. The zero-order valence-electron chi connectivity index (χ0n) is 9.49. The van der Waals surface area contributed by atoms with Gasteiger partial charge in [0.05, 0.1) is 6.07 Å². The van der Waals surface area contributed by atoms with Crippen LogP contribution in [0.2, 0.25) is 0 Å². The molecule has 0 aliphatic heterocycles. The predicted octanol–water partition coefficient (Wildman–Crippen LogP) is 2.47. The summed E-state index contributed by atoms with van der Waals surface area (Å²) in [6, 6.07) is 10.2. The third-order valence-corrected chi connectivity index (χ3v) is 2.27. The first-order chi connectivity index (χ1) is 7.17. The molecule has 0 fully saturated rings. The Kier molecular flexibility index (Phi) is 3.99. The molecule has 0 aliphatic carbocycles. The van der Waals surface area contributed by atoms with E-state index in [1.165, 1.54) is 0 Å². The number of nitriles is 1. The number of anilines is 2. The SMILES string of the molecule is CCC(C#N)Nc1cccc(N(C)C)c1. The van der Waals surface area contributed by atoms with Gasteiger partial charge in [-0.3, -0.25) is 0 Å². The molecule has 0 heterocycles. The summed E-state index contributed by atoms with van der Waals surface area (Å²) in [5.41, 5.74) is 2.13. The van der Waals surface area contributed by atoms with Crippen LogP contribution < -0.4 is 10.2 Å². The third kappa shape index (κ3) is 3.17. The Balaban J connectivity index is 2.78. The van der Waals surface area contributed by atoms with Crippen molar-refractivity contribution >= 4 is 11.4 Å². The maximum absolute atomic E-state index is 8.84. The Morgan fingerprint density at radius 2 is 2.20 bits per heavy atom. The van der Waals surface area contributed by atoms with Crippen LogP contribution in [0.15, 0.2) is 24.3 Å². The van der Waals surface area contributed by atoms with Crippen molar-refractivity contribution in [1.82, 2.24) is 0 Å². The molecule has 15 heavy (non-hydrogen) atoms. The van der Waals surface area contributed by atoms with Crippen LogP contribution in [0, 0.1) is 11.3 Å². The molecule has 1 N–H and O–H groups in total. The number of nitrogens with zero attached hydrogens (tertiary/aromatic N) is 2. The van der Waals surface area contributed by atoms with E-state index < -0.39 is 0 Å². The number of rotatable bonds is 4. The average molecular weight is 203 g/mol. The van der Waals surface area contributed by atoms with Gasteiger partial charge in [0.25, 0.3) is 0 Å². The molecule has 80 valence electrons. The maximum Gasteiger partial charge on any atom is 0.114 e. The van der Waals surface area contributed by atoms with Gasteiger partial charge in [-0.25, -0.2) is 0 Å². The summed E-state index contributed by atoms with van der Waals surface area (Å²) in [4.78, 5) is 2.04. The fraction of sp³-hybridized carbons (Fsp3) is 0.417. The molecule has 1 aromatic rings. The lowest BCUT2D eigenvalue weighted by Gasteiger charge is -2.15. The van der Waals surface area contributed by atoms with Crippen LogP contribution in [0.25, 0.3) is 0 Å². The third-order valence-electron chi connectivity index (χ3n) is 2.27. The molecule has 3 nitrogen and oxygen atoms in total. The minimum Gasteiger partial charge on any atom is -0.378 e. The average Bonchev–Trinajstić information content (AvgIpc) is 2.26. The zero-order valence-corrected chi connectivity index (χ0v) is 9.49. The molecule has 0 saturated heterocycles. The molecule has 0 radical (unpaired) electrons. The topological polar surface area (TPSA) is 39.1 Å². The number of benzene rings is 1. The first-order valence-corrected chi connectivity index (χ1v) is 5.11. The monoisotopic (exact) mass is 203 g/mol. The van der Waals surface area contributed by atoms with Gasteiger partial charge in [0, 0.05) is 25.5 Å². The van der Waals surface area contributed by atoms with Crippen LogP contribution in [-0.4, -0.2) is 20.1 Å². The van der Waals surface area contributed by atoms with E-state index in [9.17, 15) is 0 Å². The van der Waals surface area contributed by atoms with E-state index in [0.717, 1.165) is 17.8 Å². The molecule has 1 unspecified atom stereocenters. The van der Waals surface area contributed by atoms with Crippen molar-refractivity contribution in [3.8, 4) is 6.07 Å². The van der Waals surface area contributed by atoms with Gasteiger partial charge in [-0.2, -0.15) is 5.26 Å². The smallest absolute Gasteiger partial charge is 0.114 e. The highest BCUT2D eigenvalue weighted by molar-refractivity contribution is 5.58. The fourth-order valence-electron chi connectivity index (χ4n) is 1.30. The number of nitrogens with one attached hydrogen (secondary N) is 1. The highest BCUT2D eigenvalue weighted by Gasteiger charge is 2.04. The van der Waals surface area contributed by atoms with Crippen LogP contribution in [0.5, 0.6) is 0 Å². The first-order valence-electron chi connectivity index (χ1n) is 5.11. The molecule has 1 aromatic carbocycles. The normalized spacial score (nSPS) is 11.6. The summed E-state index contributed by atoms with van der Waals surface area (Å²) in [6.07, 6.45) is 0.808. The summed E-state index contributed by atoms with van der Waals surface area (Å²) >= 11 is 0. The quantitative estimate of drug-likeness (QED) is 0.817. The minimum absolute atomic E-state index is 0.109. The Morgan fingerprint density at radius 3 is 2.73 bits per heavy atom. The summed E-state index contributed by atoms with van der Waals surface area (Å²) in [5.74, 6) is 0. The highest BCUT2D eigenvalue weighted by atomic mass is 15.1. The molecular formula is C12H17N3. The van der Waals surface area contributed by atoms with Crippen molar-refractivity contribution < 1.29 is 0 Å². The first kappa shape index (κ1) is 11.4. The van der Waals surface area contributed by atoms with Gasteiger partial charge in [0.15, 0.2) is 0 Å². The fourth-order valence-corrected chi connectivity index (χ4v) is 1.30. The van der Waals surface area contributed by atoms with Gasteiger partial charge < -0.3 is 10.2 Å². The van der Waals surface area contributed by atoms with Gasteiger partial charge in [-0.15, -0.1) is 0 Å². The van der Waals surface area contributed by atoms with Gasteiger partial charge in [-0.05, 0) is 24.6 Å². The second-order valence-corrected chi connectivity index (χ2v) is 3.68.